The van der Waals surface area contributed by atoms with E-state index < -0.39 is 23.7 Å². The Morgan fingerprint density at radius 3 is 2.26 bits per heavy atom. The number of imidazole rings is 1. The molecule has 0 bridgehead atoms. The number of aromatic nitrogens is 3. The minimum absolute atomic E-state index is 0.0765. The predicted octanol–water partition coefficient (Wildman–Crippen LogP) is 4.09. The van der Waals surface area contributed by atoms with Gasteiger partial charge in [0.15, 0.2) is 5.69 Å². The van der Waals surface area contributed by atoms with E-state index in [-0.39, 0.29) is 36.1 Å². The lowest BCUT2D eigenvalue weighted by atomic mass is 10.1. The van der Waals surface area contributed by atoms with Gasteiger partial charge in [-0.25, -0.2) is 9.78 Å². The molecular formula is C26H22F3N7O3. The summed E-state index contributed by atoms with van der Waals surface area (Å²) in [5.41, 5.74) is 6.32. The minimum atomic E-state index is -4.50. The van der Waals surface area contributed by atoms with Crippen LogP contribution in [0.5, 0.6) is 0 Å². The van der Waals surface area contributed by atoms with Gasteiger partial charge >= 0.3 is 12.2 Å². The molecule has 2 aromatic heterocycles. The molecule has 0 spiro atoms. The molecule has 200 valence electrons. The van der Waals surface area contributed by atoms with Gasteiger partial charge in [-0.05, 0) is 54.1 Å². The molecule has 2 heterocycles. The van der Waals surface area contributed by atoms with Crippen LogP contribution in [0.4, 0.5) is 29.5 Å². The molecule has 0 aliphatic carbocycles. The molecule has 0 saturated heterocycles. The number of aromatic amines is 1. The summed E-state index contributed by atoms with van der Waals surface area (Å²) in [6, 6.07) is 15.1. The van der Waals surface area contributed by atoms with Crippen LogP contribution in [0.15, 0.2) is 72.9 Å². The highest BCUT2D eigenvalue weighted by Crippen LogP contribution is 2.29. The summed E-state index contributed by atoms with van der Waals surface area (Å²) in [7, 11) is 0. The number of halogens is 3. The molecule has 10 nitrogen and oxygen atoms in total. The molecule has 13 heteroatoms. The molecule has 0 atom stereocenters. The molecule has 0 unspecified atom stereocenters. The number of carbonyl (C=O) groups is 3. The van der Waals surface area contributed by atoms with Gasteiger partial charge in [0.2, 0.25) is 0 Å². The summed E-state index contributed by atoms with van der Waals surface area (Å²) in [4.78, 5) is 47.7. The van der Waals surface area contributed by atoms with Gasteiger partial charge in [0.05, 0.1) is 17.8 Å². The van der Waals surface area contributed by atoms with Crippen molar-refractivity contribution in [3.8, 4) is 0 Å². The number of amides is 4. The third-order valence-electron chi connectivity index (χ3n) is 5.44. The topological polar surface area (TPSA) is 155 Å². The summed E-state index contributed by atoms with van der Waals surface area (Å²) in [6.45, 7) is 0.284. The summed E-state index contributed by atoms with van der Waals surface area (Å²) in [5, 5.41) is 7.55. The molecule has 0 radical (unpaired) electrons. The van der Waals surface area contributed by atoms with E-state index in [2.05, 4.69) is 30.9 Å². The average Bonchev–Trinajstić information content (AvgIpc) is 3.30. The molecule has 4 aromatic rings. The zero-order valence-corrected chi connectivity index (χ0v) is 20.2. The van der Waals surface area contributed by atoms with Crippen LogP contribution in [0, 0.1) is 0 Å². The first-order valence-corrected chi connectivity index (χ1v) is 11.5. The number of hydrogen-bond acceptors (Lipinski definition) is 5. The highest BCUT2D eigenvalue weighted by Gasteiger charge is 2.30. The first-order valence-electron chi connectivity index (χ1n) is 11.5. The third kappa shape index (κ3) is 7.19. The first kappa shape index (κ1) is 26.9. The van der Waals surface area contributed by atoms with Gasteiger partial charge in [-0.3, -0.25) is 19.9 Å². The second kappa shape index (κ2) is 11.5. The van der Waals surface area contributed by atoms with E-state index in [1.54, 1.807) is 42.6 Å². The molecule has 0 aliphatic rings. The van der Waals surface area contributed by atoms with E-state index >= 15 is 0 Å². The molecule has 39 heavy (non-hydrogen) atoms. The van der Waals surface area contributed by atoms with E-state index in [1.807, 2.05) is 6.07 Å². The van der Waals surface area contributed by atoms with Gasteiger partial charge in [0.1, 0.15) is 11.6 Å². The third-order valence-corrected chi connectivity index (χ3v) is 5.44. The number of alkyl halides is 3. The molecule has 4 amide bonds. The van der Waals surface area contributed by atoms with Crippen LogP contribution >= 0.6 is 0 Å². The van der Waals surface area contributed by atoms with E-state index in [0.717, 1.165) is 35.5 Å². The molecular weight excluding hydrogens is 515 g/mol. The van der Waals surface area contributed by atoms with Crippen LogP contribution < -0.4 is 21.7 Å². The van der Waals surface area contributed by atoms with Crippen molar-refractivity contribution >= 4 is 29.4 Å². The lowest BCUT2D eigenvalue weighted by molar-refractivity contribution is -0.137. The Bertz CT molecular complexity index is 1470. The van der Waals surface area contributed by atoms with Gasteiger partial charge in [-0.15, -0.1) is 0 Å². The maximum Gasteiger partial charge on any atom is 0.416 e. The first-order chi connectivity index (χ1) is 18.6. The number of benzene rings is 2. The summed E-state index contributed by atoms with van der Waals surface area (Å²) in [5.74, 6) is -0.942. The summed E-state index contributed by atoms with van der Waals surface area (Å²) < 4.78 is 38.2. The van der Waals surface area contributed by atoms with Crippen LogP contribution in [0.3, 0.4) is 0 Å². The van der Waals surface area contributed by atoms with Crippen LogP contribution in [-0.4, -0.2) is 32.8 Å². The molecule has 4 rings (SSSR count). The normalized spacial score (nSPS) is 11.1. The number of pyridine rings is 1. The van der Waals surface area contributed by atoms with E-state index in [1.165, 1.54) is 0 Å². The standard InChI is InChI=1S/C26H22F3N7O3/c27-26(28,29)17-8-10-18(11-9-17)33-25(39)36-23-21(22(30)37)34-20(35-23)13-15-4-6-16(7-5-15)24(38)32-14-19-3-1-2-12-31-19/h1-12H,13-14H2,(H2,30,37)(H,32,38)(H,34,35)(H2,33,36,39). The highest BCUT2D eigenvalue weighted by atomic mass is 19.4. The number of urea groups is 1. The smallest absolute Gasteiger partial charge is 0.364 e. The number of hydrogen-bond donors (Lipinski definition) is 5. The molecule has 2 aromatic carbocycles. The van der Waals surface area contributed by atoms with Crippen molar-refractivity contribution in [3.63, 3.8) is 0 Å². The monoisotopic (exact) mass is 537 g/mol. The minimum Gasteiger partial charge on any atom is -0.364 e. The zero-order chi connectivity index (χ0) is 28.0. The van der Waals surface area contributed by atoms with Crippen molar-refractivity contribution in [2.75, 3.05) is 10.6 Å². The van der Waals surface area contributed by atoms with Crippen molar-refractivity contribution in [2.45, 2.75) is 19.1 Å². The molecule has 0 aliphatic heterocycles. The lowest BCUT2D eigenvalue weighted by Gasteiger charge is -2.09. The predicted molar refractivity (Wildman–Crippen MR) is 136 cm³/mol. The number of primary amides is 1. The fourth-order valence-electron chi connectivity index (χ4n) is 3.54. The molecule has 0 fully saturated rings. The number of nitrogens with one attached hydrogen (secondary N) is 4. The van der Waals surface area contributed by atoms with Gasteiger partial charge < -0.3 is 21.4 Å². The fraction of sp³-hybridized carbons (Fsp3) is 0.115. The number of rotatable bonds is 8. The average molecular weight is 538 g/mol. The zero-order valence-electron chi connectivity index (χ0n) is 20.2. The van der Waals surface area contributed by atoms with Crippen molar-refractivity contribution in [2.24, 2.45) is 5.73 Å². The van der Waals surface area contributed by atoms with Crippen LogP contribution in [0.2, 0.25) is 0 Å². The van der Waals surface area contributed by atoms with Gasteiger partial charge in [-0.2, -0.15) is 13.2 Å². The fourth-order valence-corrected chi connectivity index (χ4v) is 3.54. The number of carbonyl (C=O) groups excluding carboxylic acids is 3. The summed E-state index contributed by atoms with van der Waals surface area (Å²) in [6.07, 6.45) is -2.64. The Hall–Kier alpha value is -5.20. The number of anilines is 2. The maximum atomic E-state index is 12.7. The van der Waals surface area contributed by atoms with Crippen LogP contribution in [0.1, 0.15) is 43.5 Å². The lowest BCUT2D eigenvalue weighted by Crippen LogP contribution is -2.23. The van der Waals surface area contributed by atoms with Crippen molar-refractivity contribution in [3.05, 3.63) is 107 Å². The Morgan fingerprint density at radius 2 is 1.64 bits per heavy atom. The van der Waals surface area contributed by atoms with Crippen LogP contribution in [-0.2, 0) is 19.1 Å². The van der Waals surface area contributed by atoms with Crippen molar-refractivity contribution in [1.29, 1.82) is 0 Å². The highest BCUT2D eigenvalue weighted by molar-refractivity contribution is 6.04. The van der Waals surface area contributed by atoms with E-state index in [0.29, 0.717) is 11.4 Å². The number of nitrogens with two attached hydrogens (primary N) is 1. The summed E-state index contributed by atoms with van der Waals surface area (Å²) >= 11 is 0. The Morgan fingerprint density at radius 1 is 0.923 bits per heavy atom. The van der Waals surface area contributed by atoms with Crippen LogP contribution in [0.25, 0.3) is 0 Å². The Balaban J connectivity index is 1.38. The number of H-pyrrole nitrogens is 1. The van der Waals surface area contributed by atoms with Crippen molar-refractivity contribution in [1.82, 2.24) is 20.3 Å². The molecule has 6 N–H and O–H groups in total. The molecule has 0 saturated carbocycles. The van der Waals surface area contributed by atoms with E-state index in [4.69, 9.17) is 5.73 Å². The number of nitrogens with zero attached hydrogens (tertiary/aromatic N) is 2. The van der Waals surface area contributed by atoms with Gasteiger partial charge in [0, 0.05) is 23.9 Å². The van der Waals surface area contributed by atoms with E-state index in [9.17, 15) is 27.6 Å². The SMILES string of the molecule is NC(=O)c1nc(Cc2ccc(C(=O)NCc3ccccn3)cc2)[nH]c1NC(=O)Nc1ccc(C(F)(F)F)cc1. The van der Waals surface area contributed by atoms with Crippen molar-refractivity contribution < 1.29 is 27.6 Å². The van der Waals surface area contributed by atoms with Gasteiger partial charge in [-0.1, -0.05) is 18.2 Å². The largest absolute Gasteiger partial charge is 0.416 e. The maximum absolute atomic E-state index is 12.7. The second-order valence-corrected chi connectivity index (χ2v) is 8.30. The second-order valence-electron chi connectivity index (χ2n) is 8.30. The quantitative estimate of drug-likeness (QED) is 0.229. The van der Waals surface area contributed by atoms with Gasteiger partial charge in [0.25, 0.3) is 11.8 Å². The Labute approximate surface area is 219 Å². The Kier molecular flexibility index (Phi) is 7.89.